The van der Waals surface area contributed by atoms with Crippen LogP contribution in [0.15, 0.2) is 0 Å². The van der Waals surface area contributed by atoms with E-state index >= 15 is 0 Å². The summed E-state index contributed by atoms with van der Waals surface area (Å²) in [5.41, 5.74) is 0. The molecule has 0 saturated heterocycles. The monoisotopic (exact) mass is 303 g/mol. The third kappa shape index (κ3) is 12.3. The Balaban J connectivity index is 4.01. The maximum absolute atomic E-state index is 11.5. The standard InChI is InChI=1S/C15H29NO5/c1-4-11-20-14(17)6-8-16(10-13-19-3)9-7-15(18)21-12-5-2/h4-13H2,1-3H3. The molecule has 0 rings (SSSR count). The van der Waals surface area contributed by atoms with E-state index in [9.17, 15) is 9.59 Å². The van der Waals surface area contributed by atoms with Gasteiger partial charge < -0.3 is 14.2 Å². The van der Waals surface area contributed by atoms with Crippen LogP contribution in [0.5, 0.6) is 0 Å². The van der Waals surface area contributed by atoms with Gasteiger partial charge in [0.15, 0.2) is 0 Å². The quantitative estimate of drug-likeness (QED) is 0.482. The van der Waals surface area contributed by atoms with E-state index in [-0.39, 0.29) is 11.9 Å². The average molecular weight is 303 g/mol. The van der Waals surface area contributed by atoms with Gasteiger partial charge in [0.25, 0.3) is 0 Å². The molecule has 0 heterocycles. The molecule has 124 valence electrons. The van der Waals surface area contributed by atoms with E-state index in [1.54, 1.807) is 7.11 Å². The highest BCUT2D eigenvalue weighted by atomic mass is 16.5. The lowest BCUT2D eigenvalue weighted by Crippen LogP contribution is -2.32. The molecule has 0 saturated carbocycles. The Morgan fingerprint density at radius 1 is 0.810 bits per heavy atom. The minimum absolute atomic E-state index is 0.201. The zero-order valence-corrected chi connectivity index (χ0v) is 13.6. The molecule has 0 aromatic rings. The van der Waals surface area contributed by atoms with Crippen molar-refractivity contribution in [3.05, 3.63) is 0 Å². The number of methoxy groups -OCH3 is 1. The highest BCUT2D eigenvalue weighted by Gasteiger charge is 2.11. The maximum Gasteiger partial charge on any atom is 0.307 e. The van der Waals surface area contributed by atoms with Gasteiger partial charge in [-0.2, -0.15) is 0 Å². The first kappa shape index (κ1) is 19.9. The van der Waals surface area contributed by atoms with Crippen LogP contribution < -0.4 is 0 Å². The molecule has 0 aromatic carbocycles. The van der Waals surface area contributed by atoms with E-state index in [0.717, 1.165) is 12.8 Å². The van der Waals surface area contributed by atoms with Crippen molar-refractivity contribution in [3.8, 4) is 0 Å². The molecule has 0 aliphatic heterocycles. The van der Waals surface area contributed by atoms with Crippen molar-refractivity contribution in [3.63, 3.8) is 0 Å². The topological polar surface area (TPSA) is 65.1 Å². The molecule has 0 aliphatic rings. The first-order chi connectivity index (χ1) is 10.1. The minimum Gasteiger partial charge on any atom is -0.466 e. The molecule has 0 radical (unpaired) electrons. The highest BCUT2D eigenvalue weighted by Crippen LogP contribution is 1.99. The summed E-state index contributed by atoms with van der Waals surface area (Å²) in [6.45, 7) is 7.20. The molecule has 0 bridgehead atoms. The lowest BCUT2D eigenvalue weighted by atomic mass is 10.3. The molecule has 0 fully saturated rings. The van der Waals surface area contributed by atoms with Gasteiger partial charge in [0.05, 0.1) is 32.7 Å². The predicted octanol–water partition coefficient (Wildman–Crippen LogP) is 1.62. The number of nitrogens with zero attached hydrogens (tertiary/aromatic N) is 1. The zero-order valence-electron chi connectivity index (χ0n) is 13.6. The molecular weight excluding hydrogens is 274 g/mol. The third-order valence-corrected chi connectivity index (χ3v) is 2.81. The summed E-state index contributed by atoms with van der Waals surface area (Å²) in [6, 6.07) is 0. The summed E-state index contributed by atoms with van der Waals surface area (Å²) in [5.74, 6) is -0.402. The third-order valence-electron chi connectivity index (χ3n) is 2.81. The molecule has 0 amide bonds. The fraction of sp³-hybridized carbons (Fsp3) is 0.867. The van der Waals surface area contributed by atoms with E-state index < -0.39 is 0 Å². The van der Waals surface area contributed by atoms with E-state index in [1.165, 1.54) is 0 Å². The second kappa shape index (κ2) is 13.8. The molecule has 0 atom stereocenters. The van der Waals surface area contributed by atoms with Crippen molar-refractivity contribution in [2.45, 2.75) is 39.5 Å². The van der Waals surface area contributed by atoms with E-state index in [1.807, 2.05) is 18.7 Å². The van der Waals surface area contributed by atoms with Gasteiger partial charge in [-0.25, -0.2) is 0 Å². The summed E-state index contributed by atoms with van der Waals surface area (Å²) >= 11 is 0. The number of rotatable bonds is 13. The fourth-order valence-corrected chi connectivity index (χ4v) is 1.63. The van der Waals surface area contributed by atoms with Crippen molar-refractivity contribution >= 4 is 11.9 Å². The number of esters is 2. The molecule has 6 heteroatoms. The highest BCUT2D eigenvalue weighted by molar-refractivity contribution is 5.70. The lowest BCUT2D eigenvalue weighted by molar-refractivity contribution is -0.144. The van der Waals surface area contributed by atoms with Gasteiger partial charge in [-0.1, -0.05) is 13.8 Å². The number of ether oxygens (including phenoxy) is 3. The molecule has 6 nitrogen and oxygen atoms in total. The Bertz CT molecular complexity index is 259. The summed E-state index contributed by atoms with van der Waals surface area (Å²) in [4.78, 5) is 25.0. The second-order valence-electron chi connectivity index (χ2n) is 4.78. The number of hydrogen-bond donors (Lipinski definition) is 0. The van der Waals surface area contributed by atoms with Gasteiger partial charge in [-0.15, -0.1) is 0 Å². The smallest absolute Gasteiger partial charge is 0.307 e. The second-order valence-corrected chi connectivity index (χ2v) is 4.78. The van der Waals surface area contributed by atoms with E-state index in [0.29, 0.717) is 52.3 Å². The Kier molecular flexibility index (Phi) is 13.1. The van der Waals surface area contributed by atoms with Gasteiger partial charge in [0, 0.05) is 26.7 Å². The zero-order chi connectivity index (χ0) is 15.9. The molecular formula is C15H29NO5. The van der Waals surface area contributed by atoms with Crippen molar-refractivity contribution in [1.82, 2.24) is 4.90 Å². The van der Waals surface area contributed by atoms with Gasteiger partial charge in [0.1, 0.15) is 0 Å². The molecule has 0 unspecified atom stereocenters. The fourth-order valence-electron chi connectivity index (χ4n) is 1.63. The van der Waals surface area contributed by atoms with Crippen molar-refractivity contribution < 1.29 is 23.8 Å². The first-order valence-corrected chi connectivity index (χ1v) is 7.66. The van der Waals surface area contributed by atoms with Crippen LogP contribution in [-0.4, -0.2) is 63.4 Å². The van der Waals surface area contributed by atoms with Gasteiger partial charge in [-0.3, -0.25) is 14.5 Å². The maximum atomic E-state index is 11.5. The first-order valence-electron chi connectivity index (χ1n) is 7.66. The minimum atomic E-state index is -0.201. The van der Waals surface area contributed by atoms with E-state index in [2.05, 4.69) is 0 Å². The van der Waals surface area contributed by atoms with Crippen LogP contribution in [0.4, 0.5) is 0 Å². The van der Waals surface area contributed by atoms with Crippen LogP contribution in [0.3, 0.4) is 0 Å². The molecule has 0 N–H and O–H groups in total. The molecule has 21 heavy (non-hydrogen) atoms. The predicted molar refractivity (Wildman–Crippen MR) is 80.1 cm³/mol. The van der Waals surface area contributed by atoms with E-state index in [4.69, 9.17) is 14.2 Å². The van der Waals surface area contributed by atoms with Gasteiger partial charge >= 0.3 is 11.9 Å². The lowest BCUT2D eigenvalue weighted by Gasteiger charge is -2.21. The number of hydrogen-bond acceptors (Lipinski definition) is 6. The van der Waals surface area contributed by atoms with Crippen LogP contribution in [0.1, 0.15) is 39.5 Å². The van der Waals surface area contributed by atoms with Crippen molar-refractivity contribution in [2.24, 2.45) is 0 Å². The number of carbonyl (C=O) groups excluding carboxylic acids is 2. The van der Waals surface area contributed by atoms with Gasteiger partial charge in [-0.05, 0) is 12.8 Å². The summed E-state index contributed by atoms with van der Waals surface area (Å²) in [5, 5.41) is 0. The Labute approximate surface area is 127 Å². The Morgan fingerprint density at radius 3 is 1.67 bits per heavy atom. The average Bonchev–Trinajstić information content (AvgIpc) is 2.49. The summed E-state index contributed by atoms with van der Waals surface area (Å²) in [7, 11) is 1.63. The van der Waals surface area contributed by atoms with Crippen LogP contribution in [0.2, 0.25) is 0 Å². The SMILES string of the molecule is CCCOC(=O)CCN(CCOC)CCC(=O)OCCC. The Hall–Kier alpha value is -1.14. The van der Waals surface area contributed by atoms with Crippen molar-refractivity contribution in [2.75, 3.05) is 46.6 Å². The van der Waals surface area contributed by atoms with Crippen molar-refractivity contribution in [1.29, 1.82) is 0 Å². The molecule has 0 aliphatic carbocycles. The number of carbonyl (C=O) groups is 2. The molecule has 0 aromatic heterocycles. The van der Waals surface area contributed by atoms with Crippen LogP contribution in [0.25, 0.3) is 0 Å². The largest absolute Gasteiger partial charge is 0.466 e. The van der Waals surface area contributed by atoms with Crippen LogP contribution in [-0.2, 0) is 23.8 Å². The normalized spacial score (nSPS) is 10.7. The van der Waals surface area contributed by atoms with Crippen LogP contribution >= 0.6 is 0 Å². The molecule has 0 spiro atoms. The Morgan fingerprint density at radius 2 is 1.29 bits per heavy atom. The summed E-state index contributed by atoms with van der Waals surface area (Å²) < 4.78 is 15.1. The summed E-state index contributed by atoms with van der Waals surface area (Å²) in [6.07, 6.45) is 2.30. The van der Waals surface area contributed by atoms with Crippen LogP contribution in [0, 0.1) is 0 Å². The van der Waals surface area contributed by atoms with Gasteiger partial charge in [0.2, 0.25) is 0 Å².